The van der Waals surface area contributed by atoms with Crippen LogP contribution in [-0.4, -0.2) is 17.2 Å². The molecule has 0 aromatic heterocycles. The third-order valence-electron chi connectivity index (χ3n) is 2.65. The van der Waals surface area contributed by atoms with Gasteiger partial charge in [-0.1, -0.05) is 30.3 Å². The monoisotopic (exact) mass is 206 g/mol. The van der Waals surface area contributed by atoms with Gasteiger partial charge in [0.2, 0.25) is 0 Å². The molecule has 3 heteroatoms. The van der Waals surface area contributed by atoms with Crippen LogP contribution in [0.5, 0.6) is 0 Å². The van der Waals surface area contributed by atoms with Crippen LogP contribution in [-0.2, 0) is 16.1 Å². The van der Waals surface area contributed by atoms with Crippen LogP contribution in [0.1, 0.15) is 18.4 Å². The lowest BCUT2D eigenvalue weighted by Gasteiger charge is -2.28. The van der Waals surface area contributed by atoms with Gasteiger partial charge in [0, 0.05) is 18.8 Å². The van der Waals surface area contributed by atoms with E-state index >= 15 is 0 Å². The number of benzene rings is 1. The molecule has 1 unspecified atom stereocenters. The second-order valence-corrected chi connectivity index (χ2v) is 3.89. The minimum atomic E-state index is -0.803. The molecule has 0 spiro atoms. The van der Waals surface area contributed by atoms with Crippen LogP contribution in [0.4, 0.5) is 0 Å². The number of hydrogen-bond acceptors (Lipinski definition) is 3. The molecule has 0 aliphatic heterocycles. The molecule has 3 nitrogen and oxygen atoms in total. The number of carbonyl (C=O) groups excluding carboxylic acids is 1. The summed E-state index contributed by atoms with van der Waals surface area (Å²) in [5, 5.41) is 9.57. The van der Waals surface area contributed by atoms with E-state index in [2.05, 4.69) is 0 Å². The van der Waals surface area contributed by atoms with E-state index in [4.69, 9.17) is 4.74 Å². The van der Waals surface area contributed by atoms with Gasteiger partial charge < -0.3 is 9.84 Å². The van der Waals surface area contributed by atoms with Crippen LogP contribution in [0.3, 0.4) is 0 Å². The van der Waals surface area contributed by atoms with Gasteiger partial charge in [0.15, 0.2) is 6.29 Å². The number of ether oxygens (including phenoxy) is 1. The fourth-order valence-corrected chi connectivity index (χ4v) is 1.62. The van der Waals surface area contributed by atoms with Crippen molar-refractivity contribution in [2.75, 3.05) is 0 Å². The molecule has 0 heterocycles. The number of aliphatic hydroxyl groups is 1. The first-order valence-electron chi connectivity index (χ1n) is 5.11. The van der Waals surface area contributed by atoms with Gasteiger partial charge in [0.05, 0.1) is 6.61 Å². The summed E-state index contributed by atoms with van der Waals surface area (Å²) in [4.78, 5) is 10.7. The first-order valence-corrected chi connectivity index (χ1v) is 5.11. The molecular weight excluding hydrogens is 192 g/mol. The van der Waals surface area contributed by atoms with Gasteiger partial charge in [-0.3, -0.25) is 4.79 Å². The molecule has 1 aliphatic rings. The molecule has 2 rings (SSSR count). The summed E-state index contributed by atoms with van der Waals surface area (Å²) < 4.78 is 5.28. The van der Waals surface area contributed by atoms with Gasteiger partial charge >= 0.3 is 0 Å². The van der Waals surface area contributed by atoms with Crippen LogP contribution < -0.4 is 0 Å². The fourth-order valence-electron chi connectivity index (χ4n) is 1.62. The molecule has 0 amide bonds. The third kappa shape index (κ3) is 2.64. The van der Waals surface area contributed by atoms with E-state index in [0.29, 0.717) is 19.4 Å². The van der Waals surface area contributed by atoms with Gasteiger partial charge in [0.1, 0.15) is 5.78 Å². The van der Waals surface area contributed by atoms with Crippen molar-refractivity contribution in [2.45, 2.75) is 25.7 Å². The molecule has 0 bridgehead atoms. The highest BCUT2D eigenvalue weighted by Gasteiger charge is 2.33. The normalized spacial score (nSPS) is 18.6. The van der Waals surface area contributed by atoms with Crippen molar-refractivity contribution < 1.29 is 14.6 Å². The minimum absolute atomic E-state index is 0.00112. The molecule has 0 radical (unpaired) electrons. The van der Waals surface area contributed by atoms with Crippen molar-refractivity contribution in [1.82, 2.24) is 0 Å². The Morgan fingerprint density at radius 1 is 1.33 bits per heavy atom. The maximum Gasteiger partial charge on any atom is 0.158 e. The van der Waals surface area contributed by atoms with Gasteiger partial charge in [-0.05, 0) is 5.56 Å². The average Bonchev–Trinajstić information content (AvgIpc) is 2.23. The van der Waals surface area contributed by atoms with Gasteiger partial charge in [-0.25, -0.2) is 0 Å². The maximum atomic E-state index is 10.7. The molecule has 1 aliphatic carbocycles. The van der Waals surface area contributed by atoms with E-state index in [0.717, 1.165) is 5.56 Å². The van der Waals surface area contributed by atoms with Gasteiger partial charge in [0.25, 0.3) is 0 Å². The van der Waals surface area contributed by atoms with Crippen molar-refractivity contribution in [1.29, 1.82) is 0 Å². The highest BCUT2D eigenvalue weighted by molar-refractivity contribution is 5.84. The Labute approximate surface area is 88.7 Å². The van der Waals surface area contributed by atoms with Crippen molar-refractivity contribution in [2.24, 2.45) is 5.92 Å². The SMILES string of the molecule is O=C1CC(C(O)OCc2ccccc2)C1. The van der Waals surface area contributed by atoms with Gasteiger partial charge in [-0.15, -0.1) is 0 Å². The topological polar surface area (TPSA) is 46.5 Å². The van der Waals surface area contributed by atoms with Crippen LogP contribution in [0, 0.1) is 5.92 Å². The molecule has 80 valence electrons. The van der Waals surface area contributed by atoms with Crippen molar-refractivity contribution in [3.8, 4) is 0 Å². The van der Waals surface area contributed by atoms with E-state index in [1.165, 1.54) is 0 Å². The molecule has 15 heavy (non-hydrogen) atoms. The zero-order valence-corrected chi connectivity index (χ0v) is 8.43. The Bertz CT molecular complexity index is 326. The molecule has 0 saturated heterocycles. The van der Waals surface area contributed by atoms with E-state index in [1.54, 1.807) is 0 Å². The Balaban J connectivity index is 1.76. The Kier molecular flexibility index (Phi) is 3.14. The lowest BCUT2D eigenvalue weighted by molar-refractivity contribution is -0.168. The number of ketones is 1. The zero-order chi connectivity index (χ0) is 10.7. The third-order valence-corrected chi connectivity index (χ3v) is 2.65. The Morgan fingerprint density at radius 3 is 2.60 bits per heavy atom. The zero-order valence-electron chi connectivity index (χ0n) is 8.43. The number of carbonyl (C=O) groups is 1. The molecule has 1 aromatic rings. The van der Waals surface area contributed by atoms with Crippen LogP contribution in [0.2, 0.25) is 0 Å². The second-order valence-electron chi connectivity index (χ2n) is 3.89. The summed E-state index contributed by atoms with van der Waals surface area (Å²) in [5.41, 5.74) is 1.03. The Morgan fingerprint density at radius 2 is 2.00 bits per heavy atom. The summed E-state index contributed by atoms with van der Waals surface area (Å²) in [6, 6.07) is 9.68. The second kappa shape index (κ2) is 4.55. The largest absolute Gasteiger partial charge is 0.368 e. The molecule has 1 fully saturated rings. The smallest absolute Gasteiger partial charge is 0.158 e. The average molecular weight is 206 g/mol. The van der Waals surface area contributed by atoms with Crippen molar-refractivity contribution in [3.63, 3.8) is 0 Å². The molecule has 1 aromatic carbocycles. The van der Waals surface area contributed by atoms with E-state index < -0.39 is 6.29 Å². The highest BCUT2D eigenvalue weighted by Crippen LogP contribution is 2.27. The lowest BCUT2D eigenvalue weighted by Crippen LogP contribution is -2.35. The first-order chi connectivity index (χ1) is 7.25. The summed E-state index contributed by atoms with van der Waals surface area (Å²) in [7, 11) is 0. The molecule has 1 saturated carbocycles. The molecule has 1 N–H and O–H groups in total. The predicted octanol–water partition coefficient (Wildman–Crippen LogP) is 1.50. The van der Waals surface area contributed by atoms with Crippen molar-refractivity contribution in [3.05, 3.63) is 35.9 Å². The number of hydrogen-bond donors (Lipinski definition) is 1. The van der Waals surface area contributed by atoms with E-state index in [9.17, 15) is 9.90 Å². The Hall–Kier alpha value is -1.19. The number of aliphatic hydroxyl groups excluding tert-OH is 1. The maximum absolute atomic E-state index is 10.7. The summed E-state index contributed by atoms with van der Waals surface area (Å²) in [5.74, 6) is 0.212. The summed E-state index contributed by atoms with van der Waals surface area (Å²) >= 11 is 0. The highest BCUT2D eigenvalue weighted by atomic mass is 16.6. The van der Waals surface area contributed by atoms with E-state index in [-0.39, 0.29) is 11.7 Å². The fraction of sp³-hybridized carbons (Fsp3) is 0.417. The number of rotatable bonds is 4. The number of Topliss-reactive ketones (excluding diaryl/α,β-unsaturated/α-hetero) is 1. The van der Waals surface area contributed by atoms with Crippen LogP contribution in [0.25, 0.3) is 0 Å². The predicted molar refractivity (Wildman–Crippen MR) is 55.0 cm³/mol. The quantitative estimate of drug-likeness (QED) is 0.759. The summed E-state index contributed by atoms with van der Waals surface area (Å²) in [6.45, 7) is 0.396. The van der Waals surface area contributed by atoms with Gasteiger partial charge in [-0.2, -0.15) is 0 Å². The summed E-state index contributed by atoms with van der Waals surface area (Å²) in [6.07, 6.45) is 0.106. The van der Waals surface area contributed by atoms with Crippen LogP contribution in [0.15, 0.2) is 30.3 Å². The van der Waals surface area contributed by atoms with Crippen LogP contribution >= 0.6 is 0 Å². The van der Waals surface area contributed by atoms with E-state index in [1.807, 2.05) is 30.3 Å². The molecular formula is C12H14O3. The molecule has 1 atom stereocenters. The lowest BCUT2D eigenvalue weighted by atomic mass is 9.83. The standard InChI is InChI=1S/C12H14O3/c13-11-6-10(7-11)12(14)15-8-9-4-2-1-3-5-9/h1-5,10,12,14H,6-8H2. The minimum Gasteiger partial charge on any atom is -0.368 e. The first kappa shape index (κ1) is 10.3. The van der Waals surface area contributed by atoms with Crippen molar-refractivity contribution >= 4 is 5.78 Å².